The van der Waals surface area contributed by atoms with Crippen LogP contribution >= 0.6 is 0 Å². The summed E-state index contributed by atoms with van der Waals surface area (Å²) in [6.07, 6.45) is 1.45. The molecule has 154 valence electrons. The lowest BCUT2D eigenvalue weighted by Crippen LogP contribution is -2.56. The second kappa shape index (κ2) is 9.70. The van der Waals surface area contributed by atoms with Crippen LogP contribution in [0.4, 0.5) is 0 Å². The standard InChI is InChI=1S/C24H31N3O2/c1-4-17(3)22(24(29)26-14-18-11-9-16(2)10-12-18)27-23(28)21-13-19-7-5-6-8-20(19)15-25-21/h5-12,17,21-22,25H,4,13-15H2,1-3H3,(H,26,29)(H,27,28)/t17-,21+,22-/m1/s1. The van der Waals surface area contributed by atoms with Crippen LogP contribution in [-0.4, -0.2) is 23.9 Å². The highest BCUT2D eigenvalue weighted by Gasteiger charge is 2.30. The van der Waals surface area contributed by atoms with Gasteiger partial charge in [0.25, 0.3) is 0 Å². The summed E-state index contributed by atoms with van der Waals surface area (Å²) in [6, 6.07) is 15.4. The van der Waals surface area contributed by atoms with Crippen LogP contribution in [0.1, 0.15) is 42.5 Å². The molecule has 0 saturated carbocycles. The summed E-state index contributed by atoms with van der Waals surface area (Å²) < 4.78 is 0. The minimum atomic E-state index is -0.545. The van der Waals surface area contributed by atoms with Gasteiger partial charge in [-0.2, -0.15) is 0 Å². The van der Waals surface area contributed by atoms with Gasteiger partial charge >= 0.3 is 0 Å². The summed E-state index contributed by atoms with van der Waals surface area (Å²) >= 11 is 0. The normalized spacial score (nSPS) is 17.7. The Morgan fingerprint density at radius 3 is 2.48 bits per heavy atom. The molecule has 1 aliphatic rings. The van der Waals surface area contributed by atoms with Gasteiger partial charge in [-0.3, -0.25) is 9.59 Å². The SMILES string of the molecule is CC[C@@H](C)[C@@H](NC(=O)[C@@H]1Cc2ccccc2CN1)C(=O)NCc1ccc(C)cc1. The van der Waals surface area contributed by atoms with Crippen LogP contribution in [-0.2, 0) is 29.1 Å². The number of benzene rings is 2. The number of carbonyl (C=O) groups excluding carboxylic acids is 2. The monoisotopic (exact) mass is 393 g/mol. The highest BCUT2D eigenvalue weighted by Crippen LogP contribution is 2.17. The Hall–Kier alpha value is -2.66. The molecule has 2 aromatic rings. The Morgan fingerprint density at radius 2 is 1.79 bits per heavy atom. The maximum Gasteiger partial charge on any atom is 0.243 e. The minimum Gasteiger partial charge on any atom is -0.350 e. The molecule has 1 heterocycles. The number of hydrogen-bond acceptors (Lipinski definition) is 3. The van der Waals surface area contributed by atoms with Gasteiger partial charge in [0.1, 0.15) is 6.04 Å². The zero-order chi connectivity index (χ0) is 20.8. The smallest absolute Gasteiger partial charge is 0.243 e. The van der Waals surface area contributed by atoms with Crippen molar-refractivity contribution in [1.82, 2.24) is 16.0 Å². The van der Waals surface area contributed by atoms with E-state index in [-0.39, 0.29) is 23.8 Å². The molecule has 5 nitrogen and oxygen atoms in total. The van der Waals surface area contributed by atoms with Crippen LogP contribution in [0.5, 0.6) is 0 Å². The predicted molar refractivity (Wildman–Crippen MR) is 115 cm³/mol. The van der Waals surface area contributed by atoms with E-state index in [9.17, 15) is 9.59 Å². The van der Waals surface area contributed by atoms with Gasteiger partial charge in [-0.15, -0.1) is 0 Å². The molecule has 5 heteroatoms. The molecular formula is C24H31N3O2. The van der Waals surface area contributed by atoms with E-state index in [1.807, 2.05) is 57.2 Å². The van der Waals surface area contributed by atoms with E-state index in [0.717, 1.165) is 12.0 Å². The van der Waals surface area contributed by atoms with Gasteiger partial charge in [0, 0.05) is 13.1 Å². The Balaban J connectivity index is 1.61. The topological polar surface area (TPSA) is 70.2 Å². The molecule has 0 saturated heterocycles. The Kier molecular flexibility index (Phi) is 7.04. The number of fused-ring (bicyclic) bond motifs is 1. The first-order valence-corrected chi connectivity index (χ1v) is 10.4. The molecule has 0 fully saturated rings. The second-order valence-corrected chi connectivity index (χ2v) is 7.98. The van der Waals surface area contributed by atoms with E-state index in [4.69, 9.17) is 0 Å². The van der Waals surface area contributed by atoms with Crippen LogP contribution < -0.4 is 16.0 Å². The van der Waals surface area contributed by atoms with Crippen molar-refractivity contribution >= 4 is 11.8 Å². The summed E-state index contributed by atoms with van der Waals surface area (Å²) in [5.74, 6) is -0.201. The van der Waals surface area contributed by atoms with Crippen molar-refractivity contribution in [3.8, 4) is 0 Å². The number of nitrogens with one attached hydrogen (secondary N) is 3. The molecule has 0 unspecified atom stereocenters. The maximum absolute atomic E-state index is 12.9. The zero-order valence-corrected chi connectivity index (χ0v) is 17.5. The lowest BCUT2D eigenvalue weighted by molar-refractivity contribution is -0.131. The highest BCUT2D eigenvalue weighted by molar-refractivity contribution is 5.90. The van der Waals surface area contributed by atoms with Crippen LogP contribution in [0, 0.1) is 12.8 Å². The Morgan fingerprint density at radius 1 is 1.10 bits per heavy atom. The van der Waals surface area contributed by atoms with Crippen molar-refractivity contribution in [3.63, 3.8) is 0 Å². The third-order valence-electron chi connectivity index (χ3n) is 5.78. The predicted octanol–water partition coefficient (Wildman–Crippen LogP) is 2.86. The van der Waals surface area contributed by atoms with E-state index in [0.29, 0.717) is 19.5 Å². The number of carbonyl (C=O) groups is 2. The molecule has 29 heavy (non-hydrogen) atoms. The fraction of sp³-hybridized carbons (Fsp3) is 0.417. The summed E-state index contributed by atoms with van der Waals surface area (Å²) in [5, 5.41) is 9.28. The Bertz CT molecular complexity index is 847. The molecule has 2 aromatic carbocycles. The fourth-order valence-corrected chi connectivity index (χ4v) is 3.60. The van der Waals surface area contributed by atoms with E-state index in [1.54, 1.807) is 0 Å². The number of rotatable bonds is 7. The fourth-order valence-electron chi connectivity index (χ4n) is 3.60. The number of amides is 2. The van der Waals surface area contributed by atoms with Gasteiger partial charge in [0.2, 0.25) is 11.8 Å². The molecule has 2 amide bonds. The van der Waals surface area contributed by atoms with E-state index >= 15 is 0 Å². The van der Waals surface area contributed by atoms with Gasteiger partial charge in [0.05, 0.1) is 6.04 Å². The summed E-state index contributed by atoms with van der Waals surface area (Å²) in [5.41, 5.74) is 4.65. The van der Waals surface area contributed by atoms with Gasteiger partial charge in [0.15, 0.2) is 0 Å². The molecule has 3 rings (SSSR count). The largest absolute Gasteiger partial charge is 0.350 e. The minimum absolute atomic E-state index is 0.0489. The second-order valence-electron chi connectivity index (χ2n) is 7.98. The number of aryl methyl sites for hydroxylation is 1. The number of hydrogen-bond donors (Lipinski definition) is 3. The molecule has 0 bridgehead atoms. The first-order valence-electron chi connectivity index (χ1n) is 10.4. The molecule has 0 aliphatic carbocycles. The van der Waals surface area contributed by atoms with Crippen molar-refractivity contribution in [1.29, 1.82) is 0 Å². The van der Waals surface area contributed by atoms with Gasteiger partial charge in [-0.1, -0.05) is 74.4 Å². The summed E-state index contributed by atoms with van der Waals surface area (Å²) in [4.78, 5) is 25.8. The van der Waals surface area contributed by atoms with Crippen molar-refractivity contribution in [2.75, 3.05) is 0 Å². The lowest BCUT2D eigenvalue weighted by Gasteiger charge is -2.29. The molecule has 3 atom stereocenters. The first-order chi connectivity index (χ1) is 14.0. The van der Waals surface area contributed by atoms with Crippen molar-refractivity contribution in [2.24, 2.45) is 5.92 Å². The van der Waals surface area contributed by atoms with Gasteiger partial charge < -0.3 is 16.0 Å². The molecular weight excluding hydrogens is 362 g/mol. The molecule has 1 aliphatic heterocycles. The van der Waals surface area contributed by atoms with Gasteiger partial charge in [-0.05, 0) is 36.0 Å². The molecule has 0 spiro atoms. The first kappa shape index (κ1) is 21.1. The van der Waals surface area contributed by atoms with Crippen molar-refractivity contribution in [3.05, 3.63) is 70.8 Å². The van der Waals surface area contributed by atoms with E-state index in [2.05, 4.69) is 28.1 Å². The van der Waals surface area contributed by atoms with Crippen LogP contribution in [0.3, 0.4) is 0 Å². The lowest BCUT2D eigenvalue weighted by atomic mass is 9.94. The molecule has 0 radical (unpaired) electrons. The summed E-state index contributed by atoms with van der Waals surface area (Å²) in [6.45, 7) is 7.19. The van der Waals surface area contributed by atoms with E-state index in [1.165, 1.54) is 16.7 Å². The highest BCUT2D eigenvalue weighted by atomic mass is 16.2. The van der Waals surface area contributed by atoms with Crippen molar-refractivity contribution in [2.45, 2.75) is 58.8 Å². The third kappa shape index (κ3) is 5.45. The average molecular weight is 394 g/mol. The van der Waals surface area contributed by atoms with Crippen LogP contribution in [0.15, 0.2) is 48.5 Å². The summed E-state index contributed by atoms with van der Waals surface area (Å²) in [7, 11) is 0. The molecule has 0 aromatic heterocycles. The van der Waals surface area contributed by atoms with Crippen LogP contribution in [0.2, 0.25) is 0 Å². The molecule has 3 N–H and O–H groups in total. The zero-order valence-electron chi connectivity index (χ0n) is 17.5. The van der Waals surface area contributed by atoms with Gasteiger partial charge in [-0.25, -0.2) is 0 Å². The quantitative estimate of drug-likeness (QED) is 0.677. The Labute approximate surface area is 173 Å². The average Bonchev–Trinajstić information content (AvgIpc) is 2.75. The van der Waals surface area contributed by atoms with Crippen molar-refractivity contribution < 1.29 is 9.59 Å². The van der Waals surface area contributed by atoms with E-state index < -0.39 is 6.04 Å². The van der Waals surface area contributed by atoms with Crippen LogP contribution in [0.25, 0.3) is 0 Å². The maximum atomic E-state index is 12.9. The third-order valence-corrected chi connectivity index (χ3v) is 5.78.